The van der Waals surface area contributed by atoms with Gasteiger partial charge in [0.15, 0.2) is 5.75 Å². The Morgan fingerprint density at radius 1 is 1.31 bits per heavy atom. The number of hydrogen-bond donors (Lipinski definition) is 2. The topological polar surface area (TPSA) is 196 Å². The number of carbonyl (C=O) groups is 2. The molecule has 15 nitrogen and oxygen atoms in total. The minimum Gasteiger partial charge on any atom is -0.467 e. The summed E-state index contributed by atoms with van der Waals surface area (Å²) >= 11 is 5.32. The molecule has 1 aromatic carbocycles. The number of ether oxygens (including phenoxy) is 3. The molecule has 5 atom stereocenters. The number of H-pyrrole nitrogens is 1. The molecule has 2 aromatic rings. The number of azide groups is 1. The molecule has 2 N–H and O–H groups in total. The first kappa shape index (κ1) is 32.7. The normalized spacial score (nSPS) is 19.3. The number of rotatable bonds is 11. The molecule has 2 heterocycles. The fraction of sp³-hybridized carbons (Fsp3) is 0.520. The lowest BCUT2D eigenvalue weighted by Crippen LogP contribution is -2.45. The van der Waals surface area contributed by atoms with Crippen molar-refractivity contribution in [1.29, 1.82) is 0 Å². The zero-order valence-electron chi connectivity index (χ0n) is 23.6. The predicted octanol–water partition coefficient (Wildman–Crippen LogP) is 3.29. The molecule has 226 valence electrons. The molecule has 0 aliphatic carbocycles. The molecule has 3 rings (SSSR count). The average molecular weight is 624 g/mol. The van der Waals surface area contributed by atoms with E-state index >= 15 is 0 Å². The van der Waals surface area contributed by atoms with E-state index in [4.69, 9.17) is 40.6 Å². The number of carbonyl (C=O) groups excluding carboxylic acids is 2. The Morgan fingerprint density at radius 2 is 2.00 bits per heavy atom. The van der Waals surface area contributed by atoms with Crippen molar-refractivity contribution in [2.45, 2.75) is 70.6 Å². The van der Waals surface area contributed by atoms with E-state index in [2.05, 4.69) is 20.3 Å². The van der Waals surface area contributed by atoms with Crippen LogP contribution in [0.1, 0.15) is 44.5 Å². The first-order chi connectivity index (χ1) is 19.8. The zero-order chi connectivity index (χ0) is 31.0. The van der Waals surface area contributed by atoms with E-state index in [9.17, 15) is 19.2 Å². The standard InChI is InChI=1S/C25H31N6O9PS/c1-14-12-31(23(34)28-21(14)32)20-11-17(29-30-26)19(38-20)13-37-41(42)40-16-8-6-15(7-9-16)10-18(22(33)36-5)27-24(35)39-25(2,3)4/h6-9,12,17-20H,10-11,13H2,1-5H3,(H-,27,28,32,34,35)/p+1/t17-,18-,19+,20+/m0/s1. The minimum atomic E-state index is -1.85. The van der Waals surface area contributed by atoms with Crippen molar-refractivity contribution >= 4 is 31.0 Å². The Balaban J connectivity index is 1.57. The van der Waals surface area contributed by atoms with Crippen LogP contribution in [0.15, 0.2) is 45.2 Å². The van der Waals surface area contributed by atoms with Crippen molar-refractivity contribution in [3.63, 3.8) is 0 Å². The molecule has 42 heavy (non-hydrogen) atoms. The Labute approximate surface area is 246 Å². The van der Waals surface area contributed by atoms with Gasteiger partial charge in [-0.05, 0) is 50.9 Å². The number of nitrogens with zero attached hydrogens (tertiary/aromatic N) is 4. The van der Waals surface area contributed by atoms with Crippen molar-refractivity contribution in [2.24, 2.45) is 5.11 Å². The summed E-state index contributed by atoms with van der Waals surface area (Å²) in [6, 6.07) is 5.07. The number of benzene rings is 1. The second-order valence-electron chi connectivity index (χ2n) is 10.3. The number of hydrogen-bond acceptors (Lipinski definition) is 11. The fourth-order valence-corrected chi connectivity index (χ4v) is 5.03. The average Bonchev–Trinajstić information content (AvgIpc) is 3.31. The van der Waals surface area contributed by atoms with Crippen LogP contribution in [-0.2, 0) is 41.8 Å². The van der Waals surface area contributed by atoms with E-state index in [-0.39, 0.29) is 19.4 Å². The van der Waals surface area contributed by atoms with E-state index in [1.54, 1.807) is 52.0 Å². The maximum absolute atomic E-state index is 12.3. The van der Waals surface area contributed by atoms with Crippen LogP contribution in [0.2, 0.25) is 0 Å². The summed E-state index contributed by atoms with van der Waals surface area (Å²) in [6.07, 6.45) is -0.512. The fourth-order valence-electron chi connectivity index (χ4n) is 3.98. The van der Waals surface area contributed by atoms with Crippen molar-refractivity contribution in [1.82, 2.24) is 14.9 Å². The maximum Gasteiger partial charge on any atom is 0.573 e. The molecule has 1 saturated heterocycles. The first-order valence-corrected chi connectivity index (χ1v) is 14.9. The van der Waals surface area contributed by atoms with Gasteiger partial charge in [-0.15, -0.1) is 4.52 Å². The zero-order valence-corrected chi connectivity index (χ0v) is 25.3. The van der Waals surface area contributed by atoms with Crippen LogP contribution in [0, 0.1) is 6.92 Å². The van der Waals surface area contributed by atoms with Gasteiger partial charge in [0.25, 0.3) is 5.56 Å². The quantitative estimate of drug-likeness (QED) is 0.123. The van der Waals surface area contributed by atoms with Gasteiger partial charge >= 0.3 is 24.9 Å². The van der Waals surface area contributed by atoms with Gasteiger partial charge in [0, 0.05) is 29.5 Å². The van der Waals surface area contributed by atoms with Crippen LogP contribution < -0.4 is 21.1 Å². The number of esters is 1. The number of aromatic nitrogens is 2. The second-order valence-corrected chi connectivity index (χ2v) is 12.1. The Bertz CT molecular complexity index is 1470. The summed E-state index contributed by atoms with van der Waals surface area (Å²) in [5, 5.41) is 6.27. The first-order valence-electron chi connectivity index (χ1n) is 12.8. The highest BCUT2D eigenvalue weighted by Gasteiger charge is 2.38. The van der Waals surface area contributed by atoms with Crippen molar-refractivity contribution in [3.05, 3.63) is 72.9 Å². The van der Waals surface area contributed by atoms with E-state index in [1.807, 2.05) is 0 Å². The molecule has 1 amide bonds. The maximum atomic E-state index is 12.3. The number of alkyl carbamates (subject to hydrolysis) is 1. The van der Waals surface area contributed by atoms with Crippen LogP contribution in [0.3, 0.4) is 0 Å². The molecule has 1 aromatic heterocycles. The van der Waals surface area contributed by atoms with E-state index in [0.717, 1.165) is 0 Å². The minimum absolute atomic E-state index is 0.0678. The molecule has 1 fully saturated rings. The van der Waals surface area contributed by atoms with Crippen LogP contribution in [0.4, 0.5) is 4.79 Å². The van der Waals surface area contributed by atoms with Crippen molar-refractivity contribution < 1.29 is 32.8 Å². The van der Waals surface area contributed by atoms with Crippen LogP contribution in [0.5, 0.6) is 5.75 Å². The highest BCUT2D eigenvalue weighted by atomic mass is 32.4. The Morgan fingerprint density at radius 3 is 2.62 bits per heavy atom. The van der Waals surface area contributed by atoms with Gasteiger partial charge in [0.1, 0.15) is 24.5 Å². The Hall–Kier alpha value is -3.81. The highest BCUT2D eigenvalue weighted by molar-refractivity contribution is 8.00. The molecular formula is C25H32N6O9PS+. The molecule has 1 aliphatic heterocycles. The van der Waals surface area contributed by atoms with Gasteiger partial charge in [-0.3, -0.25) is 18.9 Å². The summed E-state index contributed by atoms with van der Waals surface area (Å²) in [6.45, 7) is 6.63. The number of methoxy groups -OCH3 is 1. The lowest BCUT2D eigenvalue weighted by Gasteiger charge is -2.22. The summed E-state index contributed by atoms with van der Waals surface area (Å²) in [4.78, 5) is 53.4. The van der Waals surface area contributed by atoms with E-state index in [0.29, 0.717) is 16.9 Å². The van der Waals surface area contributed by atoms with E-state index < -0.39 is 60.5 Å². The largest absolute Gasteiger partial charge is 0.573 e. The van der Waals surface area contributed by atoms with Crippen molar-refractivity contribution in [2.75, 3.05) is 13.7 Å². The lowest BCUT2D eigenvalue weighted by molar-refractivity contribution is -0.143. The molecule has 0 spiro atoms. The van der Waals surface area contributed by atoms with Gasteiger partial charge in [-0.1, -0.05) is 17.2 Å². The molecule has 0 radical (unpaired) electrons. The third-order valence-corrected chi connectivity index (χ3v) is 7.18. The summed E-state index contributed by atoms with van der Waals surface area (Å²) in [5.41, 5.74) is 8.13. The summed E-state index contributed by atoms with van der Waals surface area (Å²) in [5.74, 6) is -0.221. The molecule has 0 saturated carbocycles. The Kier molecular flexibility index (Phi) is 11.2. The van der Waals surface area contributed by atoms with Gasteiger partial charge in [-0.25, -0.2) is 14.4 Å². The monoisotopic (exact) mass is 623 g/mol. The molecule has 1 aliphatic rings. The van der Waals surface area contributed by atoms with Gasteiger partial charge < -0.3 is 19.5 Å². The van der Waals surface area contributed by atoms with Crippen LogP contribution in [-0.4, -0.2) is 59.1 Å². The number of aryl methyl sites for hydroxylation is 1. The molecule has 17 heteroatoms. The van der Waals surface area contributed by atoms with Crippen LogP contribution >= 0.6 is 7.15 Å². The SMILES string of the molecule is COC(=O)[C@H](Cc1ccc(O[P+](=S)OC[C@H]2O[C@@H](n3cc(C)c(=O)[nH]c3=O)C[C@@H]2N=[N+]=[N-])cc1)NC(=O)OC(C)(C)C. The summed E-state index contributed by atoms with van der Waals surface area (Å²) in [7, 11) is -0.618. The third kappa shape index (κ3) is 9.36. The summed E-state index contributed by atoms with van der Waals surface area (Å²) < 4.78 is 28.5. The molecule has 0 bridgehead atoms. The second kappa shape index (κ2) is 14.4. The third-order valence-electron chi connectivity index (χ3n) is 5.92. The van der Waals surface area contributed by atoms with Gasteiger partial charge in [-0.2, -0.15) is 0 Å². The number of nitrogens with one attached hydrogen (secondary N) is 2. The highest BCUT2D eigenvalue weighted by Crippen LogP contribution is 2.34. The van der Waals surface area contributed by atoms with Crippen LogP contribution in [0.25, 0.3) is 10.4 Å². The van der Waals surface area contributed by atoms with Gasteiger partial charge in [0.2, 0.25) is 11.8 Å². The van der Waals surface area contributed by atoms with E-state index in [1.165, 1.54) is 17.9 Å². The number of aromatic amines is 1. The lowest BCUT2D eigenvalue weighted by atomic mass is 10.1. The van der Waals surface area contributed by atoms with Crippen molar-refractivity contribution in [3.8, 4) is 5.75 Å². The smallest absolute Gasteiger partial charge is 0.467 e. The molecular weight excluding hydrogens is 591 g/mol. The predicted molar refractivity (Wildman–Crippen MR) is 154 cm³/mol. The van der Waals surface area contributed by atoms with Gasteiger partial charge in [0.05, 0.1) is 19.3 Å². The molecule has 1 unspecified atom stereocenters. The number of amides is 1.